The summed E-state index contributed by atoms with van der Waals surface area (Å²) in [6.07, 6.45) is 43.9. The predicted octanol–water partition coefficient (Wildman–Crippen LogP) is 11.0. The Bertz CT molecular complexity index is 866. The SMILES string of the molecule is CCCCCCCCC/C=C/C/C=C/C/C=C/C/C=C/CCCC(=O)N[C@@H](COP(=O)(O)O)[C@H](O)CCCCCCCCCCCC. The van der Waals surface area contributed by atoms with Gasteiger partial charge in [0, 0.05) is 6.42 Å². The first-order chi connectivity index (χ1) is 22.8. The topological polar surface area (TPSA) is 116 Å². The summed E-state index contributed by atoms with van der Waals surface area (Å²) in [4.78, 5) is 30.7. The van der Waals surface area contributed by atoms with Crippen molar-refractivity contribution in [2.24, 2.45) is 0 Å². The van der Waals surface area contributed by atoms with Gasteiger partial charge in [0.25, 0.3) is 0 Å². The molecule has 47 heavy (non-hydrogen) atoms. The van der Waals surface area contributed by atoms with Crippen molar-refractivity contribution in [2.45, 2.75) is 187 Å². The van der Waals surface area contributed by atoms with Crippen LogP contribution in [0.2, 0.25) is 0 Å². The normalized spacial score (nSPS) is 13.9. The lowest BCUT2D eigenvalue weighted by molar-refractivity contribution is -0.123. The van der Waals surface area contributed by atoms with E-state index in [1.165, 1.54) is 96.3 Å². The fourth-order valence-corrected chi connectivity index (χ4v) is 5.75. The second kappa shape index (κ2) is 34.4. The van der Waals surface area contributed by atoms with Crippen molar-refractivity contribution in [2.75, 3.05) is 6.61 Å². The summed E-state index contributed by atoms with van der Waals surface area (Å²) in [6, 6.07) is -0.852. The van der Waals surface area contributed by atoms with E-state index < -0.39 is 26.6 Å². The minimum Gasteiger partial charge on any atom is -0.391 e. The van der Waals surface area contributed by atoms with E-state index in [1.807, 2.05) is 0 Å². The molecule has 0 aromatic carbocycles. The molecular weight excluding hydrogens is 609 g/mol. The average molecular weight is 682 g/mol. The number of hydrogen-bond acceptors (Lipinski definition) is 4. The molecule has 0 aromatic rings. The Morgan fingerprint density at radius 3 is 1.49 bits per heavy atom. The predicted molar refractivity (Wildman–Crippen MR) is 199 cm³/mol. The van der Waals surface area contributed by atoms with E-state index in [4.69, 9.17) is 9.79 Å². The molecule has 0 saturated carbocycles. The average Bonchev–Trinajstić information content (AvgIpc) is 3.04. The standard InChI is InChI=1S/C39H72NO6P/c1-3-5-7-9-11-13-15-16-17-18-19-20-21-22-23-24-25-27-29-31-33-35-39(42)40-37(36-46-47(43,44)45)38(41)34-32-30-28-26-14-12-10-8-6-4-2/h17-18,20-21,23-24,27,29,37-38,41H,3-16,19,22,25-26,28,30-36H2,1-2H3,(H,40,42)(H2,43,44,45)/b18-17+,21-20+,24-23+,29-27+/t37-,38+/m0/s1. The van der Waals surface area contributed by atoms with Gasteiger partial charge in [-0.15, -0.1) is 0 Å². The second-order valence-corrected chi connectivity index (χ2v) is 14.1. The molecule has 0 rings (SSSR count). The molecule has 7 nitrogen and oxygen atoms in total. The second-order valence-electron chi connectivity index (χ2n) is 12.9. The number of rotatable bonds is 34. The van der Waals surface area contributed by atoms with Gasteiger partial charge >= 0.3 is 7.82 Å². The number of phosphoric acid groups is 1. The Morgan fingerprint density at radius 1 is 0.617 bits per heavy atom. The lowest BCUT2D eigenvalue weighted by Gasteiger charge is -2.24. The first-order valence-electron chi connectivity index (χ1n) is 19.1. The molecule has 0 bridgehead atoms. The minimum atomic E-state index is -4.70. The van der Waals surface area contributed by atoms with Gasteiger partial charge in [-0.3, -0.25) is 9.32 Å². The zero-order valence-corrected chi connectivity index (χ0v) is 31.1. The van der Waals surface area contributed by atoms with Crippen molar-refractivity contribution in [1.82, 2.24) is 5.32 Å². The highest BCUT2D eigenvalue weighted by atomic mass is 31.2. The maximum absolute atomic E-state index is 12.5. The number of phosphoric ester groups is 1. The molecule has 0 aliphatic carbocycles. The fraction of sp³-hybridized carbons (Fsp3) is 0.769. The van der Waals surface area contributed by atoms with Crippen molar-refractivity contribution in [3.63, 3.8) is 0 Å². The number of allylic oxidation sites excluding steroid dienone is 8. The monoisotopic (exact) mass is 682 g/mol. The van der Waals surface area contributed by atoms with Crippen LogP contribution in [0.5, 0.6) is 0 Å². The summed E-state index contributed by atoms with van der Waals surface area (Å²) in [5.41, 5.74) is 0. The van der Waals surface area contributed by atoms with Gasteiger partial charge in [-0.1, -0.05) is 165 Å². The third kappa shape index (κ3) is 35.6. The van der Waals surface area contributed by atoms with Gasteiger partial charge in [0.1, 0.15) is 0 Å². The summed E-state index contributed by atoms with van der Waals surface area (Å²) < 4.78 is 15.9. The van der Waals surface area contributed by atoms with E-state index in [1.54, 1.807) is 0 Å². The lowest BCUT2D eigenvalue weighted by Crippen LogP contribution is -2.46. The van der Waals surface area contributed by atoms with Crippen molar-refractivity contribution in [3.05, 3.63) is 48.6 Å². The quantitative estimate of drug-likeness (QED) is 0.0305. The summed E-state index contributed by atoms with van der Waals surface area (Å²) in [5, 5.41) is 13.4. The molecule has 2 atom stereocenters. The van der Waals surface area contributed by atoms with E-state index in [2.05, 4.69) is 72.3 Å². The first-order valence-corrected chi connectivity index (χ1v) is 20.6. The molecule has 274 valence electrons. The van der Waals surface area contributed by atoms with Gasteiger partial charge in [-0.25, -0.2) is 4.57 Å². The maximum atomic E-state index is 12.5. The Hall–Kier alpha value is -1.50. The maximum Gasteiger partial charge on any atom is 0.469 e. The minimum absolute atomic E-state index is 0.251. The van der Waals surface area contributed by atoms with Crippen LogP contribution in [0.25, 0.3) is 0 Å². The fourth-order valence-electron chi connectivity index (χ4n) is 5.40. The van der Waals surface area contributed by atoms with E-state index >= 15 is 0 Å². The van der Waals surface area contributed by atoms with Gasteiger partial charge in [-0.2, -0.15) is 0 Å². The van der Waals surface area contributed by atoms with Gasteiger partial charge in [0.2, 0.25) is 5.91 Å². The molecule has 0 aliphatic heterocycles. The molecule has 4 N–H and O–H groups in total. The van der Waals surface area contributed by atoms with Crippen LogP contribution in [-0.4, -0.2) is 39.6 Å². The van der Waals surface area contributed by atoms with Crippen molar-refractivity contribution >= 4 is 13.7 Å². The molecular formula is C39H72NO6P. The molecule has 0 saturated heterocycles. The van der Waals surface area contributed by atoms with Crippen LogP contribution in [-0.2, 0) is 13.9 Å². The van der Waals surface area contributed by atoms with E-state index in [-0.39, 0.29) is 12.3 Å². The van der Waals surface area contributed by atoms with Gasteiger partial charge < -0.3 is 20.2 Å². The molecule has 0 unspecified atom stereocenters. The van der Waals surface area contributed by atoms with Crippen LogP contribution < -0.4 is 5.32 Å². The smallest absolute Gasteiger partial charge is 0.391 e. The Kier molecular flexibility index (Phi) is 33.3. The number of carbonyl (C=O) groups excluding carboxylic acids is 1. The zero-order chi connectivity index (χ0) is 34.7. The molecule has 8 heteroatoms. The number of nitrogens with one attached hydrogen (secondary N) is 1. The van der Waals surface area contributed by atoms with Crippen LogP contribution in [0.15, 0.2) is 48.6 Å². The molecule has 0 aromatic heterocycles. The number of amides is 1. The van der Waals surface area contributed by atoms with Crippen molar-refractivity contribution < 1.29 is 28.8 Å². The summed E-state index contributed by atoms with van der Waals surface area (Å²) in [7, 11) is -4.70. The van der Waals surface area contributed by atoms with Crippen LogP contribution in [0.1, 0.15) is 174 Å². The van der Waals surface area contributed by atoms with Gasteiger partial charge in [0.05, 0.1) is 18.8 Å². The summed E-state index contributed by atoms with van der Waals surface area (Å²) in [5.74, 6) is -0.251. The third-order valence-electron chi connectivity index (χ3n) is 8.32. The van der Waals surface area contributed by atoms with Gasteiger partial charge in [-0.05, 0) is 51.4 Å². The van der Waals surface area contributed by atoms with Gasteiger partial charge in [0.15, 0.2) is 0 Å². The van der Waals surface area contributed by atoms with Crippen molar-refractivity contribution in [3.8, 4) is 0 Å². The zero-order valence-electron chi connectivity index (χ0n) is 30.2. The number of aliphatic hydroxyl groups is 1. The molecule has 1 amide bonds. The Labute approximate surface area is 289 Å². The van der Waals surface area contributed by atoms with E-state index in [9.17, 15) is 14.5 Å². The third-order valence-corrected chi connectivity index (χ3v) is 8.80. The van der Waals surface area contributed by atoms with Crippen LogP contribution in [0.4, 0.5) is 0 Å². The molecule has 0 fully saturated rings. The molecule has 0 aliphatic rings. The highest BCUT2D eigenvalue weighted by molar-refractivity contribution is 7.46. The molecule has 0 spiro atoms. The summed E-state index contributed by atoms with van der Waals surface area (Å²) >= 11 is 0. The van der Waals surface area contributed by atoms with Crippen molar-refractivity contribution in [1.29, 1.82) is 0 Å². The number of unbranched alkanes of at least 4 members (excludes halogenated alkanes) is 17. The lowest BCUT2D eigenvalue weighted by atomic mass is 10.0. The van der Waals surface area contributed by atoms with Crippen LogP contribution >= 0.6 is 7.82 Å². The Morgan fingerprint density at radius 2 is 1.02 bits per heavy atom. The number of hydrogen-bond donors (Lipinski definition) is 4. The molecule has 0 radical (unpaired) electrons. The molecule has 0 heterocycles. The summed E-state index contributed by atoms with van der Waals surface area (Å²) in [6.45, 7) is 4.06. The largest absolute Gasteiger partial charge is 0.469 e. The first kappa shape index (κ1) is 45.5. The van der Waals surface area contributed by atoms with E-state index in [0.29, 0.717) is 12.8 Å². The highest BCUT2D eigenvalue weighted by Gasteiger charge is 2.25. The van der Waals surface area contributed by atoms with Crippen LogP contribution in [0, 0.1) is 0 Å². The van der Waals surface area contributed by atoms with Crippen LogP contribution in [0.3, 0.4) is 0 Å². The number of aliphatic hydroxyl groups excluding tert-OH is 1. The van der Waals surface area contributed by atoms with E-state index in [0.717, 1.165) is 44.9 Å². The highest BCUT2D eigenvalue weighted by Crippen LogP contribution is 2.36. The number of carbonyl (C=O) groups is 1. The Balaban J connectivity index is 4.07.